The molecule has 1 aliphatic rings. The molecule has 2 amide bonds. The minimum Gasteiger partial charge on any atom is -0.286 e. The summed E-state index contributed by atoms with van der Waals surface area (Å²) in [6, 6.07) is 24.6. The van der Waals surface area contributed by atoms with Gasteiger partial charge in [-0.1, -0.05) is 55.3 Å². The van der Waals surface area contributed by atoms with Crippen molar-refractivity contribution in [2.24, 2.45) is 0 Å². The average molecular weight is 435 g/mol. The smallest absolute Gasteiger partial charge is 0.286 e. The standard InChI is InChI=1S/C28H26N4O/c1-5-17-28(3)26(22-8-6-7-20(2)18-22)31(24-15-11-23(30-4)12-16-24)27(33)32(28)25-13-9-21(19-29)10-14-25/h6-16,18,26H,5,17H2,1-3H3/t26-,28+/m1/s1. The average Bonchev–Trinajstić information content (AvgIpc) is 3.05. The molecule has 0 unspecified atom stereocenters. The number of anilines is 2. The minimum atomic E-state index is -0.522. The summed E-state index contributed by atoms with van der Waals surface area (Å²) < 4.78 is 0. The Hall–Kier alpha value is -4.09. The number of hydrogen-bond acceptors (Lipinski definition) is 2. The zero-order valence-corrected chi connectivity index (χ0v) is 19.1. The van der Waals surface area contributed by atoms with Gasteiger partial charge in [0.25, 0.3) is 0 Å². The second-order valence-electron chi connectivity index (χ2n) is 8.70. The first kappa shape index (κ1) is 22.1. The normalized spacial score (nSPS) is 19.9. The van der Waals surface area contributed by atoms with Crippen LogP contribution < -0.4 is 9.80 Å². The van der Waals surface area contributed by atoms with E-state index in [1.807, 2.05) is 40.1 Å². The molecule has 164 valence electrons. The van der Waals surface area contributed by atoms with Gasteiger partial charge in [0.2, 0.25) is 0 Å². The predicted molar refractivity (Wildman–Crippen MR) is 131 cm³/mol. The van der Waals surface area contributed by atoms with Gasteiger partial charge in [0.15, 0.2) is 5.69 Å². The van der Waals surface area contributed by atoms with Crippen molar-refractivity contribution in [3.05, 3.63) is 101 Å². The molecule has 0 bridgehead atoms. The van der Waals surface area contributed by atoms with Crippen LogP contribution in [0.15, 0.2) is 72.8 Å². The molecule has 1 fully saturated rings. The molecule has 3 aromatic rings. The van der Waals surface area contributed by atoms with Crippen LogP contribution >= 0.6 is 0 Å². The third kappa shape index (κ3) is 3.83. The zero-order chi connectivity index (χ0) is 23.6. The fourth-order valence-corrected chi connectivity index (χ4v) is 4.98. The lowest BCUT2D eigenvalue weighted by atomic mass is 9.82. The molecule has 5 heteroatoms. The van der Waals surface area contributed by atoms with Crippen LogP contribution in [0.2, 0.25) is 0 Å². The monoisotopic (exact) mass is 434 g/mol. The molecule has 0 aliphatic carbocycles. The van der Waals surface area contributed by atoms with Crippen LogP contribution in [0.1, 0.15) is 49.4 Å². The summed E-state index contributed by atoms with van der Waals surface area (Å²) in [7, 11) is 0. The van der Waals surface area contributed by atoms with Crippen LogP contribution in [0.4, 0.5) is 21.9 Å². The van der Waals surface area contributed by atoms with Gasteiger partial charge in [0.05, 0.1) is 29.8 Å². The van der Waals surface area contributed by atoms with Crippen molar-refractivity contribution in [1.29, 1.82) is 5.26 Å². The van der Waals surface area contributed by atoms with Crippen LogP contribution in [-0.4, -0.2) is 11.6 Å². The van der Waals surface area contributed by atoms with Gasteiger partial charge >= 0.3 is 6.03 Å². The Balaban J connectivity index is 1.93. The summed E-state index contributed by atoms with van der Waals surface area (Å²) in [5.41, 5.74) is 4.32. The predicted octanol–water partition coefficient (Wildman–Crippen LogP) is 7.16. The first-order chi connectivity index (χ1) is 15.9. The third-order valence-corrected chi connectivity index (χ3v) is 6.38. The Kier molecular flexibility index (Phi) is 5.90. The summed E-state index contributed by atoms with van der Waals surface area (Å²) in [6.45, 7) is 13.6. The molecular formula is C28H26N4O. The van der Waals surface area contributed by atoms with Crippen LogP contribution in [0.5, 0.6) is 0 Å². The molecule has 1 heterocycles. The Morgan fingerprint density at radius 1 is 1.06 bits per heavy atom. The number of nitriles is 1. The molecule has 1 aliphatic heterocycles. The van der Waals surface area contributed by atoms with E-state index in [2.05, 4.69) is 49.9 Å². The highest BCUT2D eigenvalue weighted by Crippen LogP contribution is 2.50. The van der Waals surface area contributed by atoms with E-state index in [4.69, 9.17) is 6.57 Å². The van der Waals surface area contributed by atoms with Gasteiger partial charge < -0.3 is 0 Å². The number of amides is 2. The topological polar surface area (TPSA) is 51.7 Å². The van der Waals surface area contributed by atoms with E-state index >= 15 is 0 Å². The van der Waals surface area contributed by atoms with E-state index in [1.165, 1.54) is 0 Å². The number of urea groups is 1. The molecule has 0 N–H and O–H groups in total. The highest BCUT2D eigenvalue weighted by molar-refractivity contribution is 6.08. The molecular weight excluding hydrogens is 408 g/mol. The van der Waals surface area contributed by atoms with Crippen molar-refractivity contribution in [3.63, 3.8) is 0 Å². The summed E-state index contributed by atoms with van der Waals surface area (Å²) >= 11 is 0. The van der Waals surface area contributed by atoms with Gasteiger partial charge in [-0.3, -0.25) is 9.80 Å². The Labute approximate surface area is 195 Å². The number of benzene rings is 3. The van der Waals surface area contributed by atoms with Gasteiger partial charge in [-0.15, -0.1) is 0 Å². The highest BCUT2D eigenvalue weighted by atomic mass is 16.2. The molecule has 0 spiro atoms. The first-order valence-corrected chi connectivity index (χ1v) is 11.1. The van der Waals surface area contributed by atoms with Crippen molar-refractivity contribution in [2.45, 2.75) is 45.2 Å². The van der Waals surface area contributed by atoms with Crippen molar-refractivity contribution >= 4 is 23.1 Å². The van der Waals surface area contributed by atoms with E-state index in [1.54, 1.807) is 24.3 Å². The second kappa shape index (κ2) is 8.81. The molecule has 3 aromatic carbocycles. The Bertz CT molecular complexity index is 1250. The van der Waals surface area contributed by atoms with Gasteiger partial charge in [0, 0.05) is 11.4 Å². The molecule has 0 radical (unpaired) electrons. The molecule has 2 atom stereocenters. The van der Waals surface area contributed by atoms with E-state index < -0.39 is 5.54 Å². The van der Waals surface area contributed by atoms with Crippen molar-refractivity contribution in [3.8, 4) is 6.07 Å². The maximum absolute atomic E-state index is 14.1. The van der Waals surface area contributed by atoms with E-state index in [9.17, 15) is 10.1 Å². The lowest BCUT2D eigenvalue weighted by Gasteiger charge is -2.39. The number of carbonyl (C=O) groups excluding carboxylic acids is 1. The molecule has 1 saturated heterocycles. The van der Waals surface area contributed by atoms with Gasteiger partial charge in [-0.25, -0.2) is 9.64 Å². The molecule has 4 rings (SSSR count). The minimum absolute atomic E-state index is 0.113. The fraction of sp³-hybridized carbons (Fsp3) is 0.250. The summed E-state index contributed by atoms with van der Waals surface area (Å²) in [4.78, 5) is 21.3. The van der Waals surface area contributed by atoms with Crippen LogP contribution in [-0.2, 0) is 0 Å². The number of nitrogens with zero attached hydrogens (tertiary/aromatic N) is 4. The van der Waals surface area contributed by atoms with Crippen molar-refractivity contribution in [1.82, 2.24) is 0 Å². The molecule has 0 aromatic heterocycles. The Morgan fingerprint density at radius 2 is 1.73 bits per heavy atom. The van der Waals surface area contributed by atoms with Crippen molar-refractivity contribution in [2.75, 3.05) is 9.80 Å². The maximum atomic E-state index is 14.1. The number of rotatable bonds is 5. The number of aryl methyl sites for hydroxylation is 1. The molecule has 0 saturated carbocycles. The van der Waals surface area contributed by atoms with E-state index in [-0.39, 0.29) is 12.1 Å². The van der Waals surface area contributed by atoms with Crippen LogP contribution in [0.3, 0.4) is 0 Å². The van der Waals surface area contributed by atoms with Gasteiger partial charge in [-0.2, -0.15) is 5.26 Å². The first-order valence-electron chi connectivity index (χ1n) is 11.1. The maximum Gasteiger partial charge on any atom is 0.330 e. The lowest BCUT2D eigenvalue weighted by molar-refractivity contribution is 0.253. The Morgan fingerprint density at radius 3 is 2.30 bits per heavy atom. The van der Waals surface area contributed by atoms with Gasteiger partial charge in [-0.05, 0) is 62.2 Å². The summed E-state index contributed by atoms with van der Waals surface area (Å²) in [6.07, 6.45) is 1.71. The highest BCUT2D eigenvalue weighted by Gasteiger charge is 2.55. The zero-order valence-electron chi connectivity index (χ0n) is 19.1. The fourth-order valence-electron chi connectivity index (χ4n) is 4.98. The lowest BCUT2D eigenvalue weighted by Crippen LogP contribution is -2.46. The van der Waals surface area contributed by atoms with Crippen LogP contribution in [0, 0.1) is 24.8 Å². The molecule has 33 heavy (non-hydrogen) atoms. The third-order valence-electron chi connectivity index (χ3n) is 6.38. The quantitative estimate of drug-likeness (QED) is 0.400. The molecule has 5 nitrogen and oxygen atoms in total. The largest absolute Gasteiger partial charge is 0.330 e. The summed E-state index contributed by atoms with van der Waals surface area (Å²) in [5, 5.41) is 9.22. The number of carbonyl (C=O) groups is 1. The van der Waals surface area contributed by atoms with Gasteiger partial charge in [0.1, 0.15) is 0 Å². The SMILES string of the molecule is [C-]#[N+]c1ccc(N2C(=O)N(c3ccc(C#N)cc3)[C@@](C)(CCC)[C@H]2c2cccc(C)c2)cc1. The van der Waals surface area contributed by atoms with E-state index in [0.29, 0.717) is 11.3 Å². The van der Waals surface area contributed by atoms with Crippen LogP contribution in [0.25, 0.3) is 4.85 Å². The number of hydrogen-bond donors (Lipinski definition) is 0. The van der Waals surface area contributed by atoms with Crippen molar-refractivity contribution < 1.29 is 4.79 Å². The second-order valence-corrected chi connectivity index (χ2v) is 8.70. The summed E-state index contributed by atoms with van der Waals surface area (Å²) in [5.74, 6) is 0. The van der Waals surface area contributed by atoms with E-state index in [0.717, 1.165) is 35.3 Å².